The molecule has 0 aromatic carbocycles. The molecule has 0 aliphatic rings. The minimum Gasteiger partial charge on any atom is -0.465 e. The highest BCUT2D eigenvalue weighted by atomic mass is 32.2. The fraction of sp³-hybridized carbons (Fsp3) is 0.889. The van der Waals surface area contributed by atoms with Crippen LogP contribution >= 0.6 is 11.8 Å². The van der Waals surface area contributed by atoms with Gasteiger partial charge in [-0.05, 0) is 18.6 Å². The number of rotatable bonds is 8. The third-order valence-electron chi connectivity index (χ3n) is 1.43. The van der Waals surface area contributed by atoms with Gasteiger partial charge in [-0.15, -0.1) is 0 Å². The predicted octanol–water partition coefficient (Wildman–Crippen LogP) is 1.45. The molecule has 0 saturated carbocycles. The van der Waals surface area contributed by atoms with Crippen LogP contribution in [0.3, 0.4) is 0 Å². The molecule has 0 heterocycles. The van der Waals surface area contributed by atoms with Crippen LogP contribution < -0.4 is 0 Å². The second-order valence-corrected chi connectivity index (χ2v) is 3.81. The molecule has 0 fully saturated rings. The number of carbonyl (C=O) groups is 1. The van der Waals surface area contributed by atoms with Gasteiger partial charge in [0.2, 0.25) is 0 Å². The zero-order valence-electron chi connectivity index (χ0n) is 8.12. The van der Waals surface area contributed by atoms with Gasteiger partial charge in [0.25, 0.3) is 0 Å². The Bertz CT molecular complexity index is 128. The predicted molar refractivity (Wildman–Crippen MR) is 54.9 cm³/mol. The standard InChI is InChI=1S/C9H18O3S/c1-2-3-6-12-9(11)8-13-7-4-5-10/h10H,2-8H2,1H3. The van der Waals surface area contributed by atoms with Crippen LogP contribution in [0.2, 0.25) is 0 Å². The zero-order chi connectivity index (χ0) is 9.94. The summed E-state index contributed by atoms with van der Waals surface area (Å²) < 4.78 is 4.94. The van der Waals surface area contributed by atoms with E-state index in [4.69, 9.17) is 9.84 Å². The van der Waals surface area contributed by atoms with Crippen LogP contribution in [-0.2, 0) is 9.53 Å². The molecule has 0 amide bonds. The monoisotopic (exact) mass is 206 g/mol. The second-order valence-electron chi connectivity index (χ2n) is 2.70. The van der Waals surface area contributed by atoms with Crippen LogP contribution in [0.25, 0.3) is 0 Å². The largest absolute Gasteiger partial charge is 0.465 e. The molecule has 0 saturated heterocycles. The summed E-state index contributed by atoms with van der Waals surface area (Å²) in [4.78, 5) is 11.0. The summed E-state index contributed by atoms with van der Waals surface area (Å²) in [5.74, 6) is 1.08. The number of aliphatic hydroxyl groups excluding tert-OH is 1. The Morgan fingerprint density at radius 3 is 2.85 bits per heavy atom. The number of unbranched alkanes of at least 4 members (excludes halogenated alkanes) is 1. The fourth-order valence-corrected chi connectivity index (χ4v) is 1.42. The van der Waals surface area contributed by atoms with Crippen molar-refractivity contribution in [2.24, 2.45) is 0 Å². The summed E-state index contributed by atoms with van der Waals surface area (Å²) in [6, 6.07) is 0. The Hall–Kier alpha value is -0.220. The third-order valence-corrected chi connectivity index (χ3v) is 2.44. The molecule has 3 nitrogen and oxygen atoms in total. The van der Waals surface area contributed by atoms with Crippen LogP contribution in [0.1, 0.15) is 26.2 Å². The maximum Gasteiger partial charge on any atom is 0.315 e. The van der Waals surface area contributed by atoms with Gasteiger partial charge in [-0.2, -0.15) is 11.8 Å². The quantitative estimate of drug-likeness (QED) is 0.482. The van der Waals surface area contributed by atoms with Gasteiger partial charge in [-0.3, -0.25) is 4.79 Å². The molecule has 0 unspecified atom stereocenters. The van der Waals surface area contributed by atoms with Crippen LogP contribution in [0, 0.1) is 0 Å². The number of esters is 1. The van der Waals surface area contributed by atoms with E-state index >= 15 is 0 Å². The number of hydrogen-bond donors (Lipinski definition) is 1. The molecule has 0 aromatic rings. The van der Waals surface area contributed by atoms with E-state index in [-0.39, 0.29) is 12.6 Å². The number of hydrogen-bond acceptors (Lipinski definition) is 4. The number of carbonyl (C=O) groups excluding carboxylic acids is 1. The van der Waals surface area contributed by atoms with Crippen molar-refractivity contribution in [3.05, 3.63) is 0 Å². The maximum atomic E-state index is 11.0. The van der Waals surface area contributed by atoms with Crippen molar-refractivity contribution in [1.82, 2.24) is 0 Å². The summed E-state index contributed by atoms with van der Waals surface area (Å²) in [6.07, 6.45) is 2.73. The molecule has 4 heteroatoms. The molecular weight excluding hydrogens is 188 g/mol. The van der Waals surface area contributed by atoms with E-state index in [0.717, 1.165) is 25.0 Å². The lowest BCUT2D eigenvalue weighted by Crippen LogP contribution is -2.08. The topological polar surface area (TPSA) is 46.5 Å². The number of thioether (sulfide) groups is 1. The highest BCUT2D eigenvalue weighted by Gasteiger charge is 2.01. The van der Waals surface area contributed by atoms with E-state index in [2.05, 4.69) is 6.92 Å². The molecule has 0 aliphatic heterocycles. The van der Waals surface area contributed by atoms with E-state index in [0.29, 0.717) is 12.4 Å². The Kier molecular flexibility index (Phi) is 9.70. The summed E-state index contributed by atoms with van der Waals surface area (Å²) in [5.41, 5.74) is 0. The van der Waals surface area contributed by atoms with Crippen LogP contribution in [0.4, 0.5) is 0 Å². The third kappa shape index (κ3) is 9.70. The lowest BCUT2D eigenvalue weighted by molar-refractivity contribution is -0.140. The number of aliphatic hydroxyl groups is 1. The molecule has 1 N–H and O–H groups in total. The molecule has 0 aromatic heterocycles. The summed E-state index contributed by atoms with van der Waals surface area (Å²) in [7, 11) is 0. The molecule has 0 radical (unpaired) electrons. The van der Waals surface area contributed by atoms with Gasteiger partial charge in [-0.25, -0.2) is 0 Å². The van der Waals surface area contributed by atoms with E-state index < -0.39 is 0 Å². The van der Waals surface area contributed by atoms with Crippen LogP contribution in [0.5, 0.6) is 0 Å². The number of ether oxygens (including phenoxy) is 1. The van der Waals surface area contributed by atoms with E-state index in [9.17, 15) is 4.79 Å². The van der Waals surface area contributed by atoms with Gasteiger partial charge >= 0.3 is 5.97 Å². The van der Waals surface area contributed by atoms with Crippen molar-refractivity contribution in [3.8, 4) is 0 Å². The van der Waals surface area contributed by atoms with E-state index in [1.165, 1.54) is 11.8 Å². The van der Waals surface area contributed by atoms with Gasteiger partial charge in [0.05, 0.1) is 12.4 Å². The SMILES string of the molecule is CCCCOC(=O)CSCCCO. The van der Waals surface area contributed by atoms with Gasteiger partial charge < -0.3 is 9.84 Å². The first-order valence-corrected chi connectivity index (χ1v) is 5.81. The Morgan fingerprint density at radius 2 is 2.23 bits per heavy atom. The highest BCUT2D eigenvalue weighted by Crippen LogP contribution is 2.02. The molecular formula is C9H18O3S. The molecule has 0 rings (SSSR count). The molecule has 0 atom stereocenters. The van der Waals surface area contributed by atoms with Gasteiger partial charge in [0, 0.05) is 6.61 Å². The van der Waals surface area contributed by atoms with E-state index in [1.807, 2.05) is 0 Å². The molecule has 13 heavy (non-hydrogen) atoms. The van der Waals surface area contributed by atoms with Crippen molar-refractivity contribution in [1.29, 1.82) is 0 Å². The average Bonchev–Trinajstić information content (AvgIpc) is 2.13. The normalized spacial score (nSPS) is 10.0. The first-order valence-electron chi connectivity index (χ1n) is 4.65. The van der Waals surface area contributed by atoms with Crippen molar-refractivity contribution >= 4 is 17.7 Å². The van der Waals surface area contributed by atoms with E-state index in [1.54, 1.807) is 0 Å². The molecule has 0 spiro atoms. The van der Waals surface area contributed by atoms with Crippen molar-refractivity contribution in [2.75, 3.05) is 24.7 Å². The highest BCUT2D eigenvalue weighted by molar-refractivity contribution is 7.99. The molecule has 0 aliphatic carbocycles. The Balaban J connectivity index is 3.11. The summed E-state index contributed by atoms with van der Waals surface area (Å²) >= 11 is 1.51. The Morgan fingerprint density at radius 1 is 1.46 bits per heavy atom. The Labute approximate surface area is 83.9 Å². The van der Waals surface area contributed by atoms with Crippen molar-refractivity contribution in [2.45, 2.75) is 26.2 Å². The second kappa shape index (κ2) is 9.86. The lowest BCUT2D eigenvalue weighted by Gasteiger charge is -2.02. The summed E-state index contributed by atoms with van der Waals surface area (Å²) in [5, 5.41) is 8.48. The average molecular weight is 206 g/mol. The summed E-state index contributed by atoms with van der Waals surface area (Å²) in [6.45, 7) is 2.79. The smallest absolute Gasteiger partial charge is 0.315 e. The van der Waals surface area contributed by atoms with Gasteiger partial charge in [0.1, 0.15) is 0 Å². The maximum absolute atomic E-state index is 11.0. The first-order chi connectivity index (χ1) is 6.31. The van der Waals surface area contributed by atoms with Crippen LogP contribution in [-0.4, -0.2) is 35.8 Å². The molecule has 78 valence electrons. The molecule has 0 bridgehead atoms. The van der Waals surface area contributed by atoms with Gasteiger partial charge in [0.15, 0.2) is 0 Å². The van der Waals surface area contributed by atoms with Crippen LogP contribution in [0.15, 0.2) is 0 Å². The lowest BCUT2D eigenvalue weighted by atomic mass is 10.4. The van der Waals surface area contributed by atoms with Gasteiger partial charge in [-0.1, -0.05) is 13.3 Å². The minimum absolute atomic E-state index is 0.142. The zero-order valence-corrected chi connectivity index (χ0v) is 8.94. The first kappa shape index (κ1) is 12.8. The fourth-order valence-electron chi connectivity index (χ4n) is 0.694. The van der Waals surface area contributed by atoms with Crippen molar-refractivity contribution < 1.29 is 14.6 Å². The minimum atomic E-state index is -0.142. The van der Waals surface area contributed by atoms with Crippen molar-refractivity contribution in [3.63, 3.8) is 0 Å².